The molecule has 0 aliphatic heterocycles. The quantitative estimate of drug-likeness (QED) is 0.184. The molecule has 1 aliphatic rings. The summed E-state index contributed by atoms with van der Waals surface area (Å²) >= 11 is 0. The van der Waals surface area contributed by atoms with Crippen LogP contribution in [0.2, 0.25) is 0 Å². The van der Waals surface area contributed by atoms with E-state index < -0.39 is 0 Å². The molecule has 0 atom stereocenters. The van der Waals surface area contributed by atoms with Crippen molar-refractivity contribution < 1.29 is 4.42 Å². The summed E-state index contributed by atoms with van der Waals surface area (Å²) in [5.74, 6) is 0.699. The maximum Gasteiger partial charge on any atom is 0.160 e. The molecule has 0 amide bonds. The van der Waals surface area contributed by atoms with Gasteiger partial charge in [-0.25, -0.2) is 9.97 Å². The Bertz CT molecular complexity index is 3130. The van der Waals surface area contributed by atoms with Crippen LogP contribution in [-0.2, 0) is 5.41 Å². The zero-order valence-electron chi connectivity index (χ0n) is 30.0. The minimum absolute atomic E-state index is 0.161. The predicted octanol–water partition coefficient (Wildman–Crippen LogP) is 13.7. The summed E-state index contributed by atoms with van der Waals surface area (Å²) in [6.07, 6.45) is 0. The molecule has 0 unspecified atom stereocenters. The van der Waals surface area contributed by atoms with Gasteiger partial charge >= 0.3 is 0 Å². The van der Waals surface area contributed by atoms with Gasteiger partial charge in [0.25, 0.3) is 0 Å². The summed E-state index contributed by atoms with van der Waals surface area (Å²) < 4.78 is 6.51. The third kappa shape index (κ3) is 4.55. The van der Waals surface area contributed by atoms with E-state index in [-0.39, 0.29) is 5.41 Å². The van der Waals surface area contributed by atoms with Crippen molar-refractivity contribution >= 4 is 43.5 Å². The number of rotatable bonds is 4. The van der Waals surface area contributed by atoms with E-state index in [0.717, 1.165) is 61.1 Å². The third-order valence-corrected chi connectivity index (χ3v) is 11.5. The number of nitrogens with zero attached hydrogens (tertiary/aromatic N) is 2. The maximum atomic E-state index is 6.51. The first-order chi connectivity index (χ1) is 26.5. The number of furan rings is 1. The average Bonchev–Trinajstić information content (AvgIpc) is 3.72. The van der Waals surface area contributed by atoms with Crippen molar-refractivity contribution in [3.63, 3.8) is 0 Å². The van der Waals surface area contributed by atoms with Gasteiger partial charge in [0.15, 0.2) is 5.82 Å². The van der Waals surface area contributed by atoms with E-state index in [2.05, 4.69) is 178 Å². The third-order valence-electron chi connectivity index (χ3n) is 11.5. The fourth-order valence-corrected chi connectivity index (χ4v) is 8.88. The minimum atomic E-state index is -0.161. The monoisotopic (exact) mass is 690 g/mol. The highest BCUT2D eigenvalue weighted by molar-refractivity contribution is 6.23. The fraction of sp³-hybridized carbons (Fsp3) is 0.0588. The van der Waals surface area contributed by atoms with Gasteiger partial charge < -0.3 is 4.42 Å². The van der Waals surface area contributed by atoms with Crippen LogP contribution in [-0.4, -0.2) is 9.97 Å². The van der Waals surface area contributed by atoms with Gasteiger partial charge in [0.05, 0.1) is 11.4 Å². The minimum Gasteiger partial charge on any atom is -0.456 e. The summed E-state index contributed by atoms with van der Waals surface area (Å²) in [6, 6.07) is 60.5. The van der Waals surface area contributed by atoms with Gasteiger partial charge in [-0.2, -0.15) is 0 Å². The van der Waals surface area contributed by atoms with Crippen molar-refractivity contribution in [1.82, 2.24) is 9.97 Å². The zero-order chi connectivity index (χ0) is 36.0. The lowest BCUT2D eigenvalue weighted by Gasteiger charge is -2.22. The van der Waals surface area contributed by atoms with E-state index in [4.69, 9.17) is 14.4 Å². The Morgan fingerprint density at radius 3 is 1.89 bits per heavy atom. The average molecular weight is 691 g/mol. The molecule has 2 heterocycles. The molecule has 0 radical (unpaired) electrons. The topological polar surface area (TPSA) is 38.9 Å². The van der Waals surface area contributed by atoms with Crippen LogP contribution in [0.15, 0.2) is 174 Å². The molecule has 254 valence electrons. The normalized spacial score (nSPS) is 13.1. The molecule has 11 rings (SSSR count). The molecule has 0 fully saturated rings. The molecule has 3 nitrogen and oxygen atoms in total. The fourth-order valence-electron chi connectivity index (χ4n) is 8.88. The van der Waals surface area contributed by atoms with Crippen molar-refractivity contribution in [1.29, 1.82) is 0 Å². The highest BCUT2D eigenvalue weighted by atomic mass is 16.3. The van der Waals surface area contributed by atoms with Crippen molar-refractivity contribution in [2.24, 2.45) is 0 Å². The van der Waals surface area contributed by atoms with Crippen molar-refractivity contribution in [2.75, 3.05) is 0 Å². The lowest BCUT2D eigenvalue weighted by molar-refractivity contribution is 0.661. The van der Waals surface area contributed by atoms with Gasteiger partial charge in [0, 0.05) is 32.9 Å². The van der Waals surface area contributed by atoms with Crippen LogP contribution >= 0.6 is 0 Å². The van der Waals surface area contributed by atoms with Gasteiger partial charge in [-0.3, -0.25) is 0 Å². The molecule has 10 aromatic rings. The highest BCUT2D eigenvalue weighted by Gasteiger charge is 2.37. The van der Waals surface area contributed by atoms with Gasteiger partial charge in [0.2, 0.25) is 0 Å². The van der Waals surface area contributed by atoms with Crippen LogP contribution < -0.4 is 0 Å². The Kier molecular flexibility index (Phi) is 6.60. The van der Waals surface area contributed by atoms with Crippen LogP contribution in [0.5, 0.6) is 0 Å². The van der Waals surface area contributed by atoms with Crippen LogP contribution in [0.25, 0.3) is 99.6 Å². The summed E-state index contributed by atoms with van der Waals surface area (Å²) in [5, 5.41) is 7.13. The van der Waals surface area contributed by atoms with E-state index in [1.807, 2.05) is 6.07 Å². The molecule has 0 spiro atoms. The van der Waals surface area contributed by atoms with E-state index in [9.17, 15) is 0 Å². The van der Waals surface area contributed by atoms with Crippen molar-refractivity contribution in [3.05, 3.63) is 181 Å². The smallest absolute Gasteiger partial charge is 0.160 e. The van der Waals surface area contributed by atoms with Gasteiger partial charge in [-0.15, -0.1) is 0 Å². The molecular weight excluding hydrogens is 657 g/mol. The number of benzene rings is 8. The Hall–Kier alpha value is -6.84. The molecule has 0 N–H and O–H groups in total. The Morgan fingerprint density at radius 1 is 0.426 bits per heavy atom. The summed E-state index contributed by atoms with van der Waals surface area (Å²) in [4.78, 5) is 10.7. The van der Waals surface area contributed by atoms with E-state index in [1.165, 1.54) is 43.8 Å². The lowest BCUT2D eigenvalue weighted by atomic mass is 9.81. The van der Waals surface area contributed by atoms with Crippen LogP contribution in [0.4, 0.5) is 0 Å². The second kappa shape index (κ2) is 11.6. The SMILES string of the molecule is CC1(C)c2cc3ccccc3cc2-c2c(-c3cc(-c4ccccc4-c4cccc5oc6ccc7ccccc7c6c45)nc(-c4ccccc4)n3)cccc21. The number of hydrogen-bond acceptors (Lipinski definition) is 3. The van der Waals surface area contributed by atoms with Gasteiger partial charge in [0.1, 0.15) is 11.2 Å². The summed E-state index contributed by atoms with van der Waals surface area (Å²) in [5.41, 5.74) is 13.9. The van der Waals surface area contributed by atoms with Crippen molar-refractivity contribution in [2.45, 2.75) is 19.3 Å². The molecule has 3 heteroatoms. The lowest BCUT2D eigenvalue weighted by Crippen LogP contribution is -2.14. The largest absolute Gasteiger partial charge is 0.456 e. The van der Waals surface area contributed by atoms with Gasteiger partial charge in [-0.1, -0.05) is 153 Å². The second-order valence-corrected chi connectivity index (χ2v) is 14.9. The molecule has 1 aliphatic carbocycles. The molecule has 0 saturated carbocycles. The number of aromatic nitrogens is 2. The zero-order valence-corrected chi connectivity index (χ0v) is 30.0. The van der Waals surface area contributed by atoms with Crippen LogP contribution in [0.1, 0.15) is 25.0 Å². The van der Waals surface area contributed by atoms with Crippen LogP contribution in [0.3, 0.4) is 0 Å². The first-order valence-corrected chi connectivity index (χ1v) is 18.6. The first-order valence-electron chi connectivity index (χ1n) is 18.6. The van der Waals surface area contributed by atoms with Crippen molar-refractivity contribution in [3.8, 4) is 56.2 Å². The maximum absolute atomic E-state index is 6.51. The summed E-state index contributed by atoms with van der Waals surface area (Å²) in [7, 11) is 0. The molecule has 0 saturated heterocycles. The predicted molar refractivity (Wildman–Crippen MR) is 224 cm³/mol. The summed E-state index contributed by atoms with van der Waals surface area (Å²) in [6.45, 7) is 4.69. The Balaban J connectivity index is 1.17. The molecule has 2 aromatic heterocycles. The Labute approximate surface area is 313 Å². The first kappa shape index (κ1) is 30.8. The Morgan fingerprint density at radius 2 is 1.06 bits per heavy atom. The highest BCUT2D eigenvalue weighted by Crippen LogP contribution is 2.53. The number of fused-ring (bicyclic) bond motifs is 9. The molecule has 8 aromatic carbocycles. The molecule has 0 bridgehead atoms. The van der Waals surface area contributed by atoms with E-state index in [0.29, 0.717) is 5.82 Å². The van der Waals surface area contributed by atoms with E-state index in [1.54, 1.807) is 0 Å². The van der Waals surface area contributed by atoms with Crippen LogP contribution in [0, 0.1) is 0 Å². The van der Waals surface area contributed by atoms with Gasteiger partial charge in [-0.05, 0) is 85.3 Å². The standard InChI is InChI=1S/C51H34N2O/c1-51(2)41-24-12-23-39(47(41)40-28-33-17-6-7-18-34(33)29-42(40)51)44-30-43(52-50(53-44)32-15-4-3-5-16-32)37-21-11-10-20-36(37)38-22-13-25-45-49(38)48-35-19-9-8-14-31(35)26-27-46(48)54-45/h3-30H,1-2H3. The second-order valence-electron chi connectivity index (χ2n) is 14.9. The molecular formula is C51H34N2O. The number of hydrogen-bond donors (Lipinski definition) is 0. The molecule has 54 heavy (non-hydrogen) atoms. The van der Waals surface area contributed by atoms with E-state index >= 15 is 0 Å².